The van der Waals surface area contributed by atoms with Crippen molar-refractivity contribution in [1.82, 2.24) is 9.62 Å². The van der Waals surface area contributed by atoms with Gasteiger partial charge < -0.3 is 10.1 Å². The zero-order valence-electron chi connectivity index (χ0n) is 11.2. The number of hydrogen-bond acceptors (Lipinski definition) is 4. The Kier molecular flexibility index (Phi) is 3.66. The third-order valence-electron chi connectivity index (χ3n) is 3.63. The van der Waals surface area contributed by atoms with Crippen LogP contribution in [-0.4, -0.2) is 45.0 Å². The van der Waals surface area contributed by atoms with Crippen LogP contribution in [0.5, 0.6) is 5.75 Å². The Balaban J connectivity index is 1.98. The fraction of sp³-hybridized carbons (Fsp3) is 0.538. The molecule has 1 aromatic carbocycles. The van der Waals surface area contributed by atoms with E-state index in [0.717, 1.165) is 5.56 Å². The van der Waals surface area contributed by atoms with Crippen LogP contribution < -0.4 is 10.1 Å². The molecule has 1 N–H and O–H groups in total. The molecule has 1 fully saturated rings. The molecule has 0 amide bonds. The largest absolute Gasteiger partial charge is 0.489 e. The first-order chi connectivity index (χ1) is 9.48. The lowest BCUT2D eigenvalue weighted by Gasteiger charge is -2.26. The van der Waals surface area contributed by atoms with E-state index in [1.54, 1.807) is 6.07 Å². The molecule has 20 heavy (non-hydrogen) atoms. The minimum atomic E-state index is -3.47. The molecule has 1 unspecified atom stereocenters. The quantitative estimate of drug-likeness (QED) is 0.892. The first-order valence-electron chi connectivity index (χ1n) is 6.68. The fourth-order valence-electron chi connectivity index (χ4n) is 2.64. The molecule has 2 aliphatic heterocycles. The highest BCUT2D eigenvalue weighted by atomic mass is 35.5. The molecule has 0 radical (unpaired) electrons. The number of ether oxygens (including phenoxy) is 1. The summed E-state index contributed by atoms with van der Waals surface area (Å²) in [5, 5.41) is 3.52. The Labute approximate surface area is 123 Å². The minimum absolute atomic E-state index is 0.0413. The van der Waals surface area contributed by atoms with Gasteiger partial charge in [-0.2, -0.15) is 4.31 Å². The van der Waals surface area contributed by atoms with Gasteiger partial charge >= 0.3 is 0 Å². The summed E-state index contributed by atoms with van der Waals surface area (Å²) in [7, 11) is -3.47. The number of nitrogens with zero attached hydrogens (tertiary/aromatic N) is 1. The van der Waals surface area contributed by atoms with Crippen LogP contribution in [-0.2, 0) is 16.4 Å². The maximum absolute atomic E-state index is 12.6. The molecule has 5 nitrogen and oxygen atoms in total. The van der Waals surface area contributed by atoms with Crippen molar-refractivity contribution in [2.45, 2.75) is 24.3 Å². The molecule has 1 saturated heterocycles. The predicted molar refractivity (Wildman–Crippen MR) is 76.9 cm³/mol. The van der Waals surface area contributed by atoms with Crippen molar-refractivity contribution < 1.29 is 13.2 Å². The summed E-state index contributed by atoms with van der Waals surface area (Å²) in [6.07, 6.45) is 0.736. The summed E-state index contributed by atoms with van der Waals surface area (Å²) >= 11 is 6.16. The van der Waals surface area contributed by atoms with Gasteiger partial charge in [0.1, 0.15) is 11.9 Å². The van der Waals surface area contributed by atoms with Gasteiger partial charge in [-0.05, 0) is 19.1 Å². The number of rotatable bonds is 2. The molecule has 7 heteroatoms. The molecule has 3 rings (SSSR count). The zero-order chi connectivity index (χ0) is 14.3. The van der Waals surface area contributed by atoms with Crippen LogP contribution in [0.3, 0.4) is 0 Å². The summed E-state index contributed by atoms with van der Waals surface area (Å²) in [4.78, 5) is 0.265. The van der Waals surface area contributed by atoms with Gasteiger partial charge in [-0.1, -0.05) is 11.6 Å². The first-order valence-corrected chi connectivity index (χ1v) is 8.50. The third-order valence-corrected chi connectivity index (χ3v) is 5.79. The Morgan fingerprint density at radius 2 is 2.05 bits per heavy atom. The van der Waals surface area contributed by atoms with E-state index in [0.29, 0.717) is 43.4 Å². The molecule has 0 aromatic heterocycles. The van der Waals surface area contributed by atoms with Crippen molar-refractivity contribution in [1.29, 1.82) is 0 Å². The van der Waals surface area contributed by atoms with Crippen molar-refractivity contribution in [3.05, 3.63) is 22.7 Å². The second-order valence-electron chi connectivity index (χ2n) is 5.18. The predicted octanol–water partition coefficient (Wildman–Crippen LogP) is 1.26. The molecule has 2 heterocycles. The van der Waals surface area contributed by atoms with Crippen LogP contribution >= 0.6 is 11.6 Å². The number of sulfonamides is 1. The normalized spacial score (nSPS) is 23.4. The number of halogens is 1. The van der Waals surface area contributed by atoms with E-state index in [-0.39, 0.29) is 11.0 Å². The molecule has 0 saturated carbocycles. The number of benzene rings is 1. The van der Waals surface area contributed by atoms with Gasteiger partial charge in [0.25, 0.3) is 0 Å². The summed E-state index contributed by atoms with van der Waals surface area (Å²) in [5.41, 5.74) is 0.874. The molecule has 1 atom stereocenters. The van der Waals surface area contributed by atoms with E-state index in [4.69, 9.17) is 16.3 Å². The van der Waals surface area contributed by atoms with Gasteiger partial charge in [-0.3, -0.25) is 0 Å². The minimum Gasteiger partial charge on any atom is -0.489 e. The van der Waals surface area contributed by atoms with Crippen LogP contribution in [0.4, 0.5) is 0 Å². The van der Waals surface area contributed by atoms with Crippen LogP contribution in [0.15, 0.2) is 17.0 Å². The van der Waals surface area contributed by atoms with E-state index >= 15 is 0 Å². The van der Waals surface area contributed by atoms with Gasteiger partial charge in [0.05, 0.1) is 9.92 Å². The SMILES string of the molecule is CC1Cc2cc(S(=O)(=O)N3CCNCC3)cc(Cl)c2O1. The van der Waals surface area contributed by atoms with Crippen molar-refractivity contribution in [2.24, 2.45) is 0 Å². The standard InChI is InChI=1S/C13H17ClN2O3S/c1-9-6-10-7-11(8-12(14)13(10)19-9)20(17,18)16-4-2-15-3-5-16/h7-9,15H,2-6H2,1H3. The molecule has 0 bridgehead atoms. The zero-order valence-corrected chi connectivity index (χ0v) is 12.8. The van der Waals surface area contributed by atoms with Gasteiger partial charge in [-0.25, -0.2) is 8.42 Å². The first kappa shape index (κ1) is 14.1. The van der Waals surface area contributed by atoms with Crippen LogP contribution in [0.25, 0.3) is 0 Å². The number of piperazine rings is 1. The molecule has 0 aliphatic carbocycles. The Morgan fingerprint density at radius 3 is 2.75 bits per heavy atom. The lowest BCUT2D eigenvalue weighted by Crippen LogP contribution is -2.46. The summed E-state index contributed by atoms with van der Waals surface area (Å²) in [5.74, 6) is 0.624. The highest BCUT2D eigenvalue weighted by molar-refractivity contribution is 7.89. The molecular weight excluding hydrogens is 300 g/mol. The second-order valence-corrected chi connectivity index (χ2v) is 7.53. The van der Waals surface area contributed by atoms with Crippen molar-refractivity contribution >= 4 is 21.6 Å². The molecule has 1 aromatic rings. The number of fused-ring (bicyclic) bond motifs is 1. The van der Waals surface area contributed by atoms with E-state index < -0.39 is 10.0 Å². The van der Waals surface area contributed by atoms with Crippen LogP contribution in [0.2, 0.25) is 5.02 Å². The van der Waals surface area contributed by atoms with E-state index in [1.807, 2.05) is 6.92 Å². The van der Waals surface area contributed by atoms with E-state index in [2.05, 4.69) is 5.32 Å². The van der Waals surface area contributed by atoms with E-state index in [9.17, 15) is 8.42 Å². The Hall–Kier alpha value is -0.820. The highest BCUT2D eigenvalue weighted by Crippen LogP contribution is 2.38. The lowest BCUT2D eigenvalue weighted by molar-refractivity contribution is 0.255. The maximum atomic E-state index is 12.6. The monoisotopic (exact) mass is 316 g/mol. The molecule has 0 spiro atoms. The van der Waals surface area contributed by atoms with Crippen molar-refractivity contribution in [3.63, 3.8) is 0 Å². The molecule has 2 aliphatic rings. The average Bonchev–Trinajstić information content (AvgIpc) is 2.81. The van der Waals surface area contributed by atoms with Gasteiger partial charge in [-0.15, -0.1) is 0 Å². The van der Waals surface area contributed by atoms with Gasteiger partial charge in [0.2, 0.25) is 10.0 Å². The highest BCUT2D eigenvalue weighted by Gasteiger charge is 2.30. The van der Waals surface area contributed by atoms with Crippen LogP contribution in [0, 0.1) is 0 Å². The Morgan fingerprint density at radius 1 is 1.35 bits per heavy atom. The third kappa shape index (κ3) is 2.41. The number of nitrogens with one attached hydrogen (secondary N) is 1. The van der Waals surface area contributed by atoms with Crippen molar-refractivity contribution in [2.75, 3.05) is 26.2 Å². The van der Waals surface area contributed by atoms with Gasteiger partial charge in [0.15, 0.2) is 0 Å². The smallest absolute Gasteiger partial charge is 0.243 e. The average molecular weight is 317 g/mol. The van der Waals surface area contributed by atoms with Crippen molar-refractivity contribution in [3.8, 4) is 5.75 Å². The summed E-state index contributed by atoms with van der Waals surface area (Å²) < 4.78 is 32.3. The lowest BCUT2D eigenvalue weighted by atomic mass is 10.1. The van der Waals surface area contributed by atoms with Gasteiger partial charge in [0, 0.05) is 38.2 Å². The number of hydrogen-bond donors (Lipinski definition) is 1. The summed E-state index contributed by atoms with van der Waals surface area (Å²) in [6, 6.07) is 3.19. The fourth-order valence-corrected chi connectivity index (χ4v) is 4.51. The second kappa shape index (κ2) is 5.18. The summed E-state index contributed by atoms with van der Waals surface area (Å²) in [6.45, 7) is 4.28. The Bertz CT molecular complexity index is 627. The van der Waals surface area contributed by atoms with E-state index in [1.165, 1.54) is 10.4 Å². The molecule has 110 valence electrons. The maximum Gasteiger partial charge on any atom is 0.243 e. The molecular formula is C13H17ClN2O3S. The van der Waals surface area contributed by atoms with Crippen LogP contribution in [0.1, 0.15) is 12.5 Å². The topological polar surface area (TPSA) is 58.6 Å².